The maximum absolute atomic E-state index is 12.5. The molecule has 0 radical (unpaired) electrons. The van der Waals surface area contributed by atoms with Crippen molar-refractivity contribution in [2.45, 2.75) is 26.8 Å². The lowest BCUT2D eigenvalue weighted by atomic mass is 10.1. The van der Waals surface area contributed by atoms with E-state index in [1.807, 2.05) is 26.8 Å². The van der Waals surface area contributed by atoms with Crippen molar-refractivity contribution in [3.63, 3.8) is 0 Å². The molecule has 120 valence electrons. The monoisotopic (exact) mass is 311 g/mol. The largest absolute Gasteiger partial charge is 0.339 e. The van der Waals surface area contributed by atoms with Crippen LogP contribution in [0.15, 0.2) is 42.7 Å². The fraction of sp³-hybridized carbons (Fsp3) is 0.278. The first-order valence-corrected chi connectivity index (χ1v) is 7.49. The molecule has 1 aromatic heterocycles. The van der Waals surface area contributed by atoms with Gasteiger partial charge in [0.2, 0.25) is 0 Å². The van der Waals surface area contributed by atoms with E-state index < -0.39 is 0 Å². The van der Waals surface area contributed by atoms with Crippen LogP contribution in [0.2, 0.25) is 0 Å². The van der Waals surface area contributed by atoms with Crippen molar-refractivity contribution in [2.75, 3.05) is 12.4 Å². The number of rotatable bonds is 4. The van der Waals surface area contributed by atoms with Gasteiger partial charge < -0.3 is 10.2 Å². The summed E-state index contributed by atoms with van der Waals surface area (Å²) in [7, 11) is 1.77. The molecule has 0 bridgehead atoms. The van der Waals surface area contributed by atoms with Crippen molar-refractivity contribution in [1.29, 1.82) is 0 Å². The molecule has 5 heteroatoms. The number of aromatic nitrogens is 1. The van der Waals surface area contributed by atoms with Crippen LogP contribution in [0.3, 0.4) is 0 Å². The summed E-state index contributed by atoms with van der Waals surface area (Å²) in [4.78, 5) is 30.3. The van der Waals surface area contributed by atoms with Crippen molar-refractivity contribution in [3.8, 4) is 0 Å². The third-order valence-electron chi connectivity index (χ3n) is 3.76. The topological polar surface area (TPSA) is 62.3 Å². The van der Waals surface area contributed by atoms with Gasteiger partial charge in [-0.2, -0.15) is 0 Å². The van der Waals surface area contributed by atoms with Crippen LogP contribution in [0.4, 0.5) is 5.69 Å². The van der Waals surface area contributed by atoms with Crippen molar-refractivity contribution in [3.05, 3.63) is 59.4 Å². The third-order valence-corrected chi connectivity index (χ3v) is 3.76. The molecule has 0 aliphatic rings. The van der Waals surface area contributed by atoms with Gasteiger partial charge in [0, 0.05) is 42.3 Å². The Morgan fingerprint density at radius 2 is 1.78 bits per heavy atom. The van der Waals surface area contributed by atoms with Crippen LogP contribution in [0.1, 0.15) is 40.1 Å². The van der Waals surface area contributed by atoms with Gasteiger partial charge in [-0.3, -0.25) is 14.6 Å². The Morgan fingerprint density at radius 3 is 2.39 bits per heavy atom. The van der Waals surface area contributed by atoms with Crippen LogP contribution in [-0.2, 0) is 0 Å². The van der Waals surface area contributed by atoms with Gasteiger partial charge in [0.1, 0.15) is 0 Å². The lowest BCUT2D eigenvalue weighted by Gasteiger charge is -2.22. The number of hydrogen-bond donors (Lipinski definition) is 1. The molecule has 0 atom stereocenters. The number of aryl methyl sites for hydroxylation is 1. The van der Waals surface area contributed by atoms with Gasteiger partial charge >= 0.3 is 0 Å². The highest BCUT2D eigenvalue weighted by atomic mass is 16.2. The van der Waals surface area contributed by atoms with Crippen LogP contribution in [-0.4, -0.2) is 34.8 Å². The highest BCUT2D eigenvalue weighted by molar-refractivity contribution is 6.05. The lowest BCUT2D eigenvalue weighted by molar-refractivity contribution is 0.0754. The molecule has 1 heterocycles. The highest BCUT2D eigenvalue weighted by Crippen LogP contribution is 2.18. The van der Waals surface area contributed by atoms with Crippen LogP contribution < -0.4 is 5.32 Å². The summed E-state index contributed by atoms with van der Waals surface area (Å²) in [6.07, 6.45) is 3.13. The van der Waals surface area contributed by atoms with Crippen molar-refractivity contribution in [1.82, 2.24) is 9.88 Å². The minimum atomic E-state index is -0.230. The molecule has 5 nitrogen and oxygen atoms in total. The van der Waals surface area contributed by atoms with Gasteiger partial charge in [0.15, 0.2) is 0 Å². The highest BCUT2D eigenvalue weighted by Gasteiger charge is 2.17. The Hall–Kier alpha value is -2.69. The summed E-state index contributed by atoms with van der Waals surface area (Å²) in [5, 5.41) is 2.81. The van der Waals surface area contributed by atoms with E-state index in [1.54, 1.807) is 48.6 Å². The van der Waals surface area contributed by atoms with Gasteiger partial charge in [-0.1, -0.05) is 6.07 Å². The first-order valence-electron chi connectivity index (χ1n) is 7.49. The quantitative estimate of drug-likeness (QED) is 0.943. The molecule has 1 aromatic carbocycles. The molecular formula is C18H21N3O2. The second-order valence-corrected chi connectivity index (χ2v) is 5.73. The third kappa shape index (κ3) is 3.94. The van der Waals surface area contributed by atoms with Crippen LogP contribution in [0.25, 0.3) is 0 Å². The SMILES string of the molecule is Cc1ccc(NC(=O)c2ccncc2)cc1C(=O)N(C)C(C)C. The Kier molecular flexibility index (Phi) is 5.11. The number of nitrogens with one attached hydrogen (secondary N) is 1. The fourth-order valence-corrected chi connectivity index (χ4v) is 2.06. The average Bonchev–Trinajstić information content (AvgIpc) is 2.55. The first-order chi connectivity index (χ1) is 10.9. The van der Waals surface area contributed by atoms with E-state index in [9.17, 15) is 9.59 Å². The number of carbonyl (C=O) groups is 2. The number of benzene rings is 1. The van der Waals surface area contributed by atoms with Crippen molar-refractivity contribution < 1.29 is 9.59 Å². The molecule has 0 aliphatic heterocycles. The molecule has 1 N–H and O–H groups in total. The van der Waals surface area contributed by atoms with Crippen LogP contribution in [0.5, 0.6) is 0 Å². The summed E-state index contributed by atoms with van der Waals surface area (Å²) in [5.41, 5.74) is 2.59. The Morgan fingerprint density at radius 1 is 1.13 bits per heavy atom. The number of pyridine rings is 1. The van der Waals surface area contributed by atoms with Gasteiger partial charge in [0.05, 0.1) is 0 Å². The fourth-order valence-electron chi connectivity index (χ4n) is 2.06. The molecule has 2 rings (SSSR count). The molecule has 0 spiro atoms. The first kappa shape index (κ1) is 16.7. The predicted molar refractivity (Wildman–Crippen MR) is 90.6 cm³/mol. The molecule has 2 aromatic rings. The number of amides is 2. The van der Waals surface area contributed by atoms with E-state index in [1.165, 1.54) is 0 Å². The summed E-state index contributed by atoms with van der Waals surface area (Å²) in [5.74, 6) is -0.288. The predicted octanol–water partition coefficient (Wildman–Crippen LogP) is 3.12. The molecule has 2 amide bonds. The van der Waals surface area contributed by atoms with E-state index in [0.717, 1.165) is 5.56 Å². The maximum atomic E-state index is 12.5. The van der Waals surface area contributed by atoms with E-state index in [2.05, 4.69) is 10.3 Å². The van der Waals surface area contributed by atoms with Gasteiger partial charge in [-0.15, -0.1) is 0 Å². The minimum absolute atomic E-state index is 0.0579. The Bertz CT molecular complexity index is 711. The zero-order chi connectivity index (χ0) is 17.0. The van der Waals surface area contributed by atoms with Crippen LogP contribution in [0, 0.1) is 6.92 Å². The van der Waals surface area contributed by atoms with E-state index in [-0.39, 0.29) is 17.9 Å². The Labute approximate surface area is 136 Å². The van der Waals surface area contributed by atoms with Crippen LogP contribution >= 0.6 is 0 Å². The average molecular weight is 311 g/mol. The summed E-state index contributed by atoms with van der Waals surface area (Å²) < 4.78 is 0. The molecule has 0 saturated carbocycles. The Balaban J connectivity index is 2.24. The van der Waals surface area contributed by atoms with Gasteiger partial charge in [-0.25, -0.2) is 0 Å². The number of anilines is 1. The molecule has 23 heavy (non-hydrogen) atoms. The smallest absolute Gasteiger partial charge is 0.255 e. The summed E-state index contributed by atoms with van der Waals surface area (Å²) in [6, 6.07) is 8.74. The molecule has 0 fully saturated rings. The standard InChI is InChI=1S/C18H21N3O2/c1-12(2)21(4)18(23)16-11-15(6-5-13(16)3)20-17(22)14-7-9-19-10-8-14/h5-12H,1-4H3,(H,20,22). The maximum Gasteiger partial charge on any atom is 0.255 e. The number of hydrogen-bond acceptors (Lipinski definition) is 3. The minimum Gasteiger partial charge on any atom is -0.339 e. The molecule has 0 aliphatic carbocycles. The van der Waals surface area contributed by atoms with Crippen molar-refractivity contribution in [2.24, 2.45) is 0 Å². The zero-order valence-electron chi connectivity index (χ0n) is 13.8. The van der Waals surface area contributed by atoms with Gasteiger partial charge in [-0.05, 0) is 50.6 Å². The van der Waals surface area contributed by atoms with E-state index in [4.69, 9.17) is 0 Å². The van der Waals surface area contributed by atoms with Gasteiger partial charge in [0.25, 0.3) is 11.8 Å². The normalized spacial score (nSPS) is 10.5. The van der Waals surface area contributed by atoms with E-state index in [0.29, 0.717) is 16.8 Å². The molecular weight excluding hydrogens is 290 g/mol. The molecule has 0 saturated heterocycles. The zero-order valence-corrected chi connectivity index (χ0v) is 13.8. The lowest BCUT2D eigenvalue weighted by Crippen LogP contribution is -2.33. The molecule has 0 unspecified atom stereocenters. The summed E-state index contributed by atoms with van der Waals surface area (Å²) in [6.45, 7) is 5.81. The summed E-state index contributed by atoms with van der Waals surface area (Å²) >= 11 is 0. The second kappa shape index (κ2) is 7.05. The van der Waals surface area contributed by atoms with Crippen molar-refractivity contribution >= 4 is 17.5 Å². The number of nitrogens with zero attached hydrogens (tertiary/aromatic N) is 2. The second-order valence-electron chi connectivity index (χ2n) is 5.73. The van der Waals surface area contributed by atoms with E-state index >= 15 is 0 Å². The number of carbonyl (C=O) groups excluding carboxylic acids is 2.